The summed E-state index contributed by atoms with van der Waals surface area (Å²) in [7, 11) is 0. The molecule has 0 fully saturated rings. The molecule has 0 saturated heterocycles. The van der Waals surface area contributed by atoms with Crippen LogP contribution in [0.4, 0.5) is 0 Å². The van der Waals surface area contributed by atoms with E-state index in [2.05, 4.69) is 56.3 Å². The summed E-state index contributed by atoms with van der Waals surface area (Å²) in [5.74, 6) is 0.272. The normalized spacial score (nSPS) is 12.8. The zero-order valence-corrected chi connectivity index (χ0v) is 9.84. The van der Waals surface area contributed by atoms with Crippen molar-refractivity contribution in [2.45, 2.75) is 5.92 Å². The molecule has 2 rings (SSSR count). The maximum absolute atomic E-state index is 3.91. The van der Waals surface area contributed by atoms with Crippen LogP contribution in [0.25, 0.3) is 0 Å². The first-order valence-electron chi connectivity index (χ1n) is 5.74. The summed E-state index contributed by atoms with van der Waals surface area (Å²) in [6.07, 6.45) is 3.98. The molecule has 0 nitrogen and oxygen atoms in total. The van der Waals surface area contributed by atoms with E-state index in [0.717, 1.165) is 5.56 Å². The van der Waals surface area contributed by atoms with Crippen molar-refractivity contribution in [3.63, 3.8) is 0 Å². The Hall–Kier alpha value is -1.82. The molecule has 0 aliphatic rings. The first kappa shape index (κ1) is 11.7. The highest BCUT2D eigenvalue weighted by Crippen LogP contribution is 2.26. The van der Waals surface area contributed by atoms with Crippen molar-refractivity contribution in [2.24, 2.45) is 0 Å². The predicted octanol–water partition coefficient (Wildman–Crippen LogP) is 4.39. The maximum atomic E-state index is 3.91. The van der Waals surface area contributed by atoms with Gasteiger partial charge in [-0.3, -0.25) is 0 Å². The fraction of sp³-hybridized carbons (Fsp3) is 0.0588. The molecule has 2 radical (unpaired) electrons. The third kappa shape index (κ3) is 2.85. The van der Waals surface area contributed by atoms with Crippen molar-refractivity contribution in [3.05, 3.63) is 97.3 Å². The molecule has 1 unspecified atom stereocenters. The maximum Gasteiger partial charge on any atom is 0.0269 e. The van der Waals surface area contributed by atoms with Crippen LogP contribution in [0.15, 0.2) is 66.7 Å². The Labute approximate surface area is 104 Å². The second kappa shape index (κ2) is 5.49. The molecule has 0 saturated carbocycles. The molecule has 0 aliphatic heterocycles. The number of hydrogen-bond donors (Lipinski definition) is 0. The number of benzene rings is 2. The molecule has 0 N–H and O–H groups in total. The largest absolute Gasteiger partial charge is 0.0873 e. The van der Waals surface area contributed by atoms with Gasteiger partial charge in [-0.25, -0.2) is 0 Å². The van der Waals surface area contributed by atoms with Crippen LogP contribution in [0.5, 0.6) is 0 Å². The predicted molar refractivity (Wildman–Crippen MR) is 73.7 cm³/mol. The van der Waals surface area contributed by atoms with Crippen molar-refractivity contribution in [1.29, 1.82) is 0 Å². The van der Waals surface area contributed by atoms with Gasteiger partial charge in [-0.15, -0.1) is 0 Å². The van der Waals surface area contributed by atoms with Crippen LogP contribution in [0.1, 0.15) is 22.6 Å². The Morgan fingerprint density at radius 1 is 0.824 bits per heavy atom. The highest BCUT2D eigenvalue weighted by molar-refractivity contribution is 5.38. The van der Waals surface area contributed by atoms with E-state index in [-0.39, 0.29) is 5.92 Å². The van der Waals surface area contributed by atoms with Gasteiger partial charge in [-0.2, -0.15) is 0 Å². The van der Waals surface area contributed by atoms with E-state index in [9.17, 15) is 0 Å². The zero-order chi connectivity index (χ0) is 12.1. The van der Waals surface area contributed by atoms with Crippen LogP contribution in [0, 0.1) is 13.8 Å². The van der Waals surface area contributed by atoms with Crippen LogP contribution in [0.2, 0.25) is 0 Å². The minimum Gasteiger partial charge on any atom is -0.0873 e. The summed E-state index contributed by atoms with van der Waals surface area (Å²) in [5.41, 5.74) is 3.59. The highest BCUT2D eigenvalue weighted by Gasteiger charge is 2.09. The second-order valence-electron chi connectivity index (χ2n) is 4.06. The van der Waals surface area contributed by atoms with Gasteiger partial charge in [0, 0.05) is 5.92 Å². The minimum absolute atomic E-state index is 0.272. The van der Waals surface area contributed by atoms with E-state index in [1.165, 1.54) is 11.1 Å². The Balaban J connectivity index is 2.39. The van der Waals surface area contributed by atoms with E-state index >= 15 is 0 Å². The lowest BCUT2D eigenvalue weighted by molar-refractivity contribution is 1.02. The van der Waals surface area contributed by atoms with Crippen molar-refractivity contribution >= 4 is 0 Å². The fourth-order valence-electron chi connectivity index (χ4n) is 1.94. The highest BCUT2D eigenvalue weighted by atomic mass is 14.1. The molecule has 0 amide bonds. The second-order valence-corrected chi connectivity index (χ2v) is 4.06. The molecular formula is C17H16. The van der Waals surface area contributed by atoms with Crippen molar-refractivity contribution < 1.29 is 0 Å². The number of rotatable bonds is 3. The number of hydrogen-bond acceptors (Lipinski definition) is 0. The molecule has 2 aromatic carbocycles. The standard InChI is InChI=1S/C17H16/c1-3-7-17(15-8-5-4-6-9-15)16-12-10-14(2)11-13-16/h3-13,17H,1-2H2. The minimum atomic E-state index is 0.272. The van der Waals surface area contributed by atoms with E-state index in [1.54, 1.807) is 0 Å². The average molecular weight is 220 g/mol. The summed E-state index contributed by atoms with van der Waals surface area (Å²) in [6, 6.07) is 18.8. The quantitative estimate of drug-likeness (QED) is 0.719. The third-order valence-corrected chi connectivity index (χ3v) is 2.83. The Morgan fingerprint density at radius 3 is 2.00 bits per heavy atom. The molecule has 17 heavy (non-hydrogen) atoms. The molecule has 84 valence electrons. The van der Waals surface area contributed by atoms with Gasteiger partial charge in [0.25, 0.3) is 0 Å². The van der Waals surface area contributed by atoms with Crippen LogP contribution in [-0.4, -0.2) is 0 Å². The van der Waals surface area contributed by atoms with Gasteiger partial charge < -0.3 is 0 Å². The molecule has 0 aromatic heterocycles. The molecule has 0 heteroatoms. The van der Waals surface area contributed by atoms with Crippen molar-refractivity contribution in [2.75, 3.05) is 0 Å². The van der Waals surface area contributed by atoms with Crippen LogP contribution >= 0.6 is 0 Å². The van der Waals surface area contributed by atoms with Gasteiger partial charge in [0.15, 0.2) is 0 Å². The molecule has 0 bridgehead atoms. The van der Waals surface area contributed by atoms with Crippen LogP contribution in [0.3, 0.4) is 0 Å². The monoisotopic (exact) mass is 220 g/mol. The Kier molecular flexibility index (Phi) is 3.77. The molecule has 0 heterocycles. The van der Waals surface area contributed by atoms with Gasteiger partial charge in [0.2, 0.25) is 0 Å². The lowest BCUT2D eigenvalue weighted by Gasteiger charge is -2.14. The topological polar surface area (TPSA) is 0 Å². The zero-order valence-electron chi connectivity index (χ0n) is 9.84. The van der Waals surface area contributed by atoms with E-state index in [4.69, 9.17) is 0 Å². The van der Waals surface area contributed by atoms with Gasteiger partial charge in [0.1, 0.15) is 0 Å². The van der Waals surface area contributed by atoms with Gasteiger partial charge in [-0.1, -0.05) is 66.7 Å². The Bertz CT molecular complexity index is 477. The average Bonchev–Trinajstić information content (AvgIpc) is 2.38. The summed E-state index contributed by atoms with van der Waals surface area (Å²) in [5, 5.41) is 0. The molecule has 0 spiro atoms. The van der Waals surface area contributed by atoms with Gasteiger partial charge in [0.05, 0.1) is 0 Å². The molecule has 2 aromatic rings. The molecule has 1 atom stereocenters. The summed E-state index contributed by atoms with van der Waals surface area (Å²) >= 11 is 0. The summed E-state index contributed by atoms with van der Waals surface area (Å²) < 4.78 is 0. The molecule has 0 aliphatic carbocycles. The van der Waals surface area contributed by atoms with E-state index in [0.29, 0.717) is 0 Å². The third-order valence-electron chi connectivity index (χ3n) is 2.83. The summed E-state index contributed by atoms with van der Waals surface area (Å²) in [4.78, 5) is 0. The van der Waals surface area contributed by atoms with Gasteiger partial charge >= 0.3 is 0 Å². The lowest BCUT2D eigenvalue weighted by atomic mass is 9.90. The van der Waals surface area contributed by atoms with Crippen molar-refractivity contribution in [1.82, 2.24) is 0 Å². The van der Waals surface area contributed by atoms with Crippen LogP contribution < -0.4 is 0 Å². The van der Waals surface area contributed by atoms with Gasteiger partial charge in [-0.05, 0) is 30.5 Å². The lowest BCUT2D eigenvalue weighted by Crippen LogP contribution is -1.97. The first-order valence-corrected chi connectivity index (χ1v) is 5.74. The van der Waals surface area contributed by atoms with Crippen LogP contribution in [-0.2, 0) is 0 Å². The number of allylic oxidation sites excluding steroid dienone is 2. The summed E-state index contributed by atoms with van der Waals surface area (Å²) in [6.45, 7) is 7.71. The fourth-order valence-corrected chi connectivity index (χ4v) is 1.94. The smallest absolute Gasteiger partial charge is 0.0269 e. The molecular weight excluding hydrogens is 204 g/mol. The Morgan fingerprint density at radius 2 is 1.41 bits per heavy atom. The van der Waals surface area contributed by atoms with E-state index < -0.39 is 0 Å². The van der Waals surface area contributed by atoms with Crippen molar-refractivity contribution in [3.8, 4) is 0 Å². The SMILES string of the molecule is [CH2]C=CC(c1ccccc1)c1ccc([CH2])cc1. The van der Waals surface area contributed by atoms with E-state index in [1.807, 2.05) is 24.3 Å². The first-order chi connectivity index (χ1) is 8.31.